The topological polar surface area (TPSA) is 73.2 Å². The van der Waals surface area contributed by atoms with E-state index in [1.165, 1.54) is 13.3 Å². The van der Waals surface area contributed by atoms with E-state index in [0.29, 0.717) is 21.8 Å². The number of hydrogen-bond acceptors (Lipinski definition) is 4. The zero-order valence-electron chi connectivity index (χ0n) is 15.6. The van der Waals surface area contributed by atoms with Crippen molar-refractivity contribution in [3.05, 3.63) is 82.6 Å². The quantitative estimate of drug-likeness (QED) is 0.641. The molecule has 0 aliphatic heterocycles. The van der Waals surface area contributed by atoms with Gasteiger partial charge in [-0.15, -0.1) is 0 Å². The Morgan fingerprint density at radius 2 is 1.82 bits per heavy atom. The SMILES string of the molecule is COC(=O)CC(NC(=O)c1cnn(-c2ccccc2)c1C)c1ccccc1Cl. The Kier molecular flexibility index (Phi) is 6.11. The van der Waals surface area contributed by atoms with Crippen molar-refractivity contribution in [2.24, 2.45) is 0 Å². The van der Waals surface area contributed by atoms with Crippen LogP contribution in [0.5, 0.6) is 0 Å². The maximum atomic E-state index is 12.9. The predicted octanol–water partition coefficient (Wildman–Crippen LogP) is 3.87. The minimum absolute atomic E-state index is 0.0299. The number of halogens is 1. The third-order valence-corrected chi connectivity index (χ3v) is 4.78. The van der Waals surface area contributed by atoms with Gasteiger partial charge in [-0.1, -0.05) is 48.0 Å². The molecule has 7 heteroatoms. The van der Waals surface area contributed by atoms with Crippen LogP contribution in [-0.2, 0) is 9.53 Å². The molecule has 1 aromatic heterocycles. The molecule has 0 aliphatic carbocycles. The van der Waals surface area contributed by atoms with Gasteiger partial charge in [-0.05, 0) is 30.7 Å². The number of carbonyl (C=O) groups is 2. The van der Waals surface area contributed by atoms with Gasteiger partial charge < -0.3 is 10.1 Å². The highest BCUT2D eigenvalue weighted by atomic mass is 35.5. The number of hydrogen-bond donors (Lipinski definition) is 1. The lowest BCUT2D eigenvalue weighted by Crippen LogP contribution is -2.31. The molecular weight excluding hydrogens is 378 g/mol. The Morgan fingerprint density at radius 1 is 1.14 bits per heavy atom. The summed E-state index contributed by atoms with van der Waals surface area (Å²) in [5, 5.41) is 7.67. The third kappa shape index (κ3) is 4.23. The Bertz CT molecular complexity index is 986. The van der Waals surface area contributed by atoms with Crippen LogP contribution in [0.4, 0.5) is 0 Å². The first-order chi connectivity index (χ1) is 13.5. The zero-order valence-corrected chi connectivity index (χ0v) is 16.3. The van der Waals surface area contributed by atoms with Gasteiger partial charge in [-0.25, -0.2) is 4.68 Å². The molecule has 1 unspecified atom stereocenters. The molecule has 3 aromatic rings. The van der Waals surface area contributed by atoms with Gasteiger partial charge in [0.1, 0.15) is 0 Å². The van der Waals surface area contributed by atoms with Gasteiger partial charge in [0.2, 0.25) is 0 Å². The smallest absolute Gasteiger partial charge is 0.307 e. The van der Waals surface area contributed by atoms with Crippen LogP contribution in [0.15, 0.2) is 60.8 Å². The van der Waals surface area contributed by atoms with Crippen molar-refractivity contribution in [1.29, 1.82) is 0 Å². The summed E-state index contributed by atoms with van der Waals surface area (Å²) in [5.41, 5.74) is 2.62. The van der Waals surface area contributed by atoms with E-state index in [0.717, 1.165) is 5.69 Å². The Morgan fingerprint density at radius 3 is 2.50 bits per heavy atom. The van der Waals surface area contributed by atoms with Crippen molar-refractivity contribution in [2.75, 3.05) is 7.11 Å². The van der Waals surface area contributed by atoms with Crippen molar-refractivity contribution in [3.8, 4) is 5.69 Å². The Balaban J connectivity index is 1.87. The molecule has 144 valence electrons. The van der Waals surface area contributed by atoms with Crippen molar-refractivity contribution >= 4 is 23.5 Å². The largest absolute Gasteiger partial charge is 0.469 e. The predicted molar refractivity (Wildman–Crippen MR) is 107 cm³/mol. The molecule has 0 bridgehead atoms. The van der Waals surface area contributed by atoms with Crippen LogP contribution >= 0.6 is 11.6 Å². The molecule has 6 nitrogen and oxygen atoms in total. The van der Waals surface area contributed by atoms with Crippen LogP contribution in [0.1, 0.15) is 34.1 Å². The number of ether oxygens (including phenoxy) is 1. The molecule has 0 spiro atoms. The van der Waals surface area contributed by atoms with Crippen LogP contribution in [0.3, 0.4) is 0 Å². The van der Waals surface area contributed by atoms with Gasteiger partial charge >= 0.3 is 5.97 Å². The van der Waals surface area contributed by atoms with Crippen molar-refractivity contribution in [1.82, 2.24) is 15.1 Å². The molecule has 0 aliphatic rings. The van der Waals surface area contributed by atoms with E-state index < -0.39 is 12.0 Å². The number of benzene rings is 2. The van der Waals surface area contributed by atoms with Crippen molar-refractivity contribution in [2.45, 2.75) is 19.4 Å². The van der Waals surface area contributed by atoms with Crippen LogP contribution in [0.2, 0.25) is 5.02 Å². The number of amides is 1. The fraction of sp³-hybridized carbons (Fsp3) is 0.190. The number of rotatable bonds is 6. The summed E-state index contributed by atoms with van der Waals surface area (Å²) in [5.74, 6) is -0.782. The maximum absolute atomic E-state index is 12.9. The fourth-order valence-electron chi connectivity index (χ4n) is 2.94. The van der Waals surface area contributed by atoms with Gasteiger partial charge in [-0.3, -0.25) is 9.59 Å². The third-order valence-electron chi connectivity index (χ3n) is 4.44. The van der Waals surface area contributed by atoms with Gasteiger partial charge in [0.05, 0.1) is 42.7 Å². The first-order valence-corrected chi connectivity index (χ1v) is 9.11. The number of esters is 1. The summed E-state index contributed by atoms with van der Waals surface area (Å²) in [6.45, 7) is 1.82. The molecule has 1 N–H and O–H groups in total. The summed E-state index contributed by atoms with van der Waals surface area (Å²) >= 11 is 6.27. The van der Waals surface area contributed by atoms with Gasteiger partial charge in [0.25, 0.3) is 5.91 Å². The minimum atomic E-state index is -0.617. The lowest BCUT2D eigenvalue weighted by atomic mass is 10.0. The number of para-hydroxylation sites is 1. The molecule has 0 saturated heterocycles. The second-order valence-electron chi connectivity index (χ2n) is 6.22. The summed E-state index contributed by atoms with van der Waals surface area (Å²) in [6, 6.07) is 16.0. The highest BCUT2D eigenvalue weighted by Crippen LogP contribution is 2.26. The second-order valence-corrected chi connectivity index (χ2v) is 6.63. The first-order valence-electron chi connectivity index (χ1n) is 8.73. The molecule has 1 atom stereocenters. The molecule has 2 aromatic carbocycles. The molecule has 0 fully saturated rings. The van der Waals surface area contributed by atoms with E-state index in [1.54, 1.807) is 28.9 Å². The number of methoxy groups -OCH3 is 1. The number of nitrogens with zero attached hydrogens (tertiary/aromatic N) is 2. The lowest BCUT2D eigenvalue weighted by molar-refractivity contribution is -0.141. The molecule has 1 amide bonds. The number of carbonyl (C=O) groups excluding carboxylic acids is 2. The fourth-order valence-corrected chi connectivity index (χ4v) is 3.21. The van der Waals surface area contributed by atoms with Crippen LogP contribution in [0, 0.1) is 6.92 Å². The van der Waals surface area contributed by atoms with Crippen molar-refractivity contribution < 1.29 is 14.3 Å². The number of nitrogens with one attached hydrogen (secondary N) is 1. The van der Waals surface area contributed by atoms with Gasteiger partial charge in [0, 0.05) is 5.02 Å². The summed E-state index contributed by atoms with van der Waals surface area (Å²) in [6.07, 6.45) is 1.48. The van der Waals surface area contributed by atoms with Crippen LogP contribution < -0.4 is 5.32 Å². The maximum Gasteiger partial charge on any atom is 0.307 e. The Labute approximate surface area is 168 Å². The summed E-state index contributed by atoms with van der Waals surface area (Å²) in [7, 11) is 1.31. The Hall–Kier alpha value is -3.12. The molecule has 0 saturated carbocycles. The van der Waals surface area contributed by atoms with E-state index in [-0.39, 0.29) is 12.3 Å². The standard InChI is InChI=1S/C21H20ClN3O3/c1-14-17(13-23-25(14)15-8-4-3-5-9-15)21(27)24-19(12-20(26)28-2)16-10-6-7-11-18(16)22/h3-11,13,19H,12H2,1-2H3,(H,24,27). The zero-order chi connectivity index (χ0) is 20.1. The van der Waals surface area contributed by atoms with E-state index >= 15 is 0 Å². The normalized spacial score (nSPS) is 11.7. The molecule has 3 rings (SSSR count). The minimum Gasteiger partial charge on any atom is -0.469 e. The molecular formula is C21H20ClN3O3. The molecule has 1 heterocycles. The monoisotopic (exact) mass is 397 g/mol. The highest BCUT2D eigenvalue weighted by Gasteiger charge is 2.23. The highest BCUT2D eigenvalue weighted by molar-refractivity contribution is 6.31. The average molecular weight is 398 g/mol. The van der Waals surface area contributed by atoms with E-state index in [9.17, 15) is 9.59 Å². The molecule has 0 radical (unpaired) electrons. The van der Waals surface area contributed by atoms with Crippen LogP contribution in [0.25, 0.3) is 5.69 Å². The number of aromatic nitrogens is 2. The first kappa shape index (κ1) is 19.6. The van der Waals surface area contributed by atoms with E-state index in [1.807, 2.05) is 37.3 Å². The second kappa shape index (κ2) is 8.71. The van der Waals surface area contributed by atoms with Gasteiger partial charge in [0.15, 0.2) is 0 Å². The molecule has 28 heavy (non-hydrogen) atoms. The lowest BCUT2D eigenvalue weighted by Gasteiger charge is -2.19. The van der Waals surface area contributed by atoms with E-state index in [2.05, 4.69) is 10.4 Å². The van der Waals surface area contributed by atoms with Gasteiger partial charge in [-0.2, -0.15) is 5.10 Å². The average Bonchev–Trinajstić information content (AvgIpc) is 3.10. The van der Waals surface area contributed by atoms with Crippen LogP contribution in [-0.4, -0.2) is 28.8 Å². The van der Waals surface area contributed by atoms with Crippen molar-refractivity contribution in [3.63, 3.8) is 0 Å². The van der Waals surface area contributed by atoms with E-state index in [4.69, 9.17) is 16.3 Å². The summed E-state index contributed by atoms with van der Waals surface area (Å²) < 4.78 is 6.46. The summed E-state index contributed by atoms with van der Waals surface area (Å²) in [4.78, 5) is 24.8.